The molecule has 0 spiro atoms. The van der Waals surface area contributed by atoms with E-state index in [2.05, 4.69) is 65.9 Å². The Kier molecular flexibility index (Phi) is 5.98. The lowest BCUT2D eigenvalue weighted by molar-refractivity contribution is 0.402. The van der Waals surface area contributed by atoms with Gasteiger partial charge < -0.3 is 0 Å². The lowest BCUT2D eigenvalue weighted by Gasteiger charge is -2.35. The smallest absolute Gasteiger partial charge is 0.150 e. The number of nitrogens with zero attached hydrogens (tertiary/aromatic N) is 3. The van der Waals surface area contributed by atoms with Crippen LogP contribution in [0.5, 0.6) is 0 Å². The molecule has 1 unspecified atom stereocenters. The van der Waals surface area contributed by atoms with Crippen LogP contribution < -0.4 is 0 Å². The second-order valence-electron chi connectivity index (χ2n) is 11.6. The van der Waals surface area contributed by atoms with Gasteiger partial charge in [0.15, 0.2) is 6.17 Å². The van der Waals surface area contributed by atoms with E-state index >= 15 is 4.39 Å². The van der Waals surface area contributed by atoms with Gasteiger partial charge >= 0.3 is 0 Å². The van der Waals surface area contributed by atoms with Crippen LogP contribution in [-0.4, -0.2) is 14.5 Å². The Hall–Kier alpha value is -4.74. The topological polar surface area (TPSA) is 30.7 Å². The molecular formula is C38H28FN3S. The third kappa shape index (κ3) is 4.10. The van der Waals surface area contributed by atoms with Gasteiger partial charge in [0.25, 0.3) is 0 Å². The predicted octanol–water partition coefficient (Wildman–Crippen LogP) is 10.1. The van der Waals surface area contributed by atoms with Crippen LogP contribution in [0.15, 0.2) is 137 Å². The molecule has 1 atom stereocenters. The molecule has 7 aromatic rings. The summed E-state index contributed by atoms with van der Waals surface area (Å²) < 4.78 is 18.6. The summed E-state index contributed by atoms with van der Waals surface area (Å²) in [7, 11) is 0. The molecule has 8 rings (SSSR count). The molecule has 1 aliphatic rings. The summed E-state index contributed by atoms with van der Waals surface area (Å²) in [4.78, 5) is 11.8. The number of pyridine rings is 2. The fourth-order valence-corrected chi connectivity index (χ4v) is 8.02. The number of benzene rings is 4. The highest BCUT2D eigenvalue weighted by Crippen LogP contribution is 2.53. The Morgan fingerprint density at radius 1 is 0.698 bits per heavy atom. The normalized spacial score (nSPS) is 14.4. The van der Waals surface area contributed by atoms with E-state index in [0.717, 1.165) is 33.5 Å². The number of hydrogen-bond acceptors (Lipinski definition) is 3. The van der Waals surface area contributed by atoms with Crippen LogP contribution in [0.1, 0.15) is 42.3 Å². The highest BCUT2D eigenvalue weighted by molar-refractivity contribution is 7.99. The summed E-state index contributed by atoms with van der Waals surface area (Å²) in [5.74, 6) is 0.814. The largest absolute Gasteiger partial charge is 0.294 e. The molecule has 0 saturated carbocycles. The third-order valence-electron chi connectivity index (χ3n) is 8.63. The van der Waals surface area contributed by atoms with E-state index < -0.39 is 6.17 Å². The molecule has 0 N–H and O–H groups in total. The molecule has 208 valence electrons. The molecule has 4 aromatic carbocycles. The third-order valence-corrected chi connectivity index (χ3v) is 9.77. The summed E-state index contributed by atoms with van der Waals surface area (Å²) in [6, 6.07) is 38.5. The molecule has 0 amide bonds. The maximum Gasteiger partial charge on any atom is 0.150 e. The van der Waals surface area contributed by atoms with Crippen molar-refractivity contribution in [1.82, 2.24) is 14.5 Å². The van der Waals surface area contributed by atoms with Crippen molar-refractivity contribution in [3.8, 4) is 17.1 Å². The molecule has 1 aliphatic heterocycles. The van der Waals surface area contributed by atoms with Crippen LogP contribution in [0.4, 0.5) is 4.39 Å². The van der Waals surface area contributed by atoms with Gasteiger partial charge in [0.1, 0.15) is 5.82 Å². The molecule has 3 aromatic heterocycles. The monoisotopic (exact) mass is 577 g/mol. The molecule has 3 nitrogen and oxygen atoms in total. The summed E-state index contributed by atoms with van der Waals surface area (Å²) in [6.07, 6.45) is 2.28. The van der Waals surface area contributed by atoms with Crippen LogP contribution in [0, 0.1) is 0 Å². The number of alkyl halides is 1. The average Bonchev–Trinajstić information content (AvgIpc) is 3.38. The van der Waals surface area contributed by atoms with E-state index in [1.165, 1.54) is 26.3 Å². The Morgan fingerprint density at radius 3 is 2.30 bits per heavy atom. The first-order valence-electron chi connectivity index (χ1n) is 14.5. The van der Waals surface area contributed by atoms with E-state index in [0.29, 0.717) is 11.1 Å². The summed E-state index contributed by atoms with van der Waals surface area (Å²) >= 11 is 1.83. The Morgan fingerprint density at radius 2 is 1.49 bits per heavy atom. The van der Waals surface area contributed by atoms with Crippen molar-refractivity contribution in [2.24, 2.45) is 0 Å². The maximum atomic E-state index is 16.4. The van der Waals surface area contributed by atoms with Gasteiger partial charge in [-0.3, -0.25) is 9.55 Å². The molecule has 43 heavy (non-hydrogen) atoms. The van der Waals surface area contributed by atoms with Crippen LogP contribution in [0.25, 0.3) is 38.9 Å². The van der Waals surface area contributed by atoms with E-state index in [-0.39, 0.29) is 5.41 Å². The number of fused-ring (bicyclic) bond motifs is 6. The number of aromatic nitrogens is 3. The zero-order chi connectivity index (χ0) is 29.1. The number of halogens is 1. The Labute approximate surface area is 254 Å². The second-order valence-corrected chi connectivity index (χ2v) is 12.6. The van der Waals surface area contributed by atoms with Crippen molar-refractivity contribution in [1.29, 1.82) is 0 Å². The molecule has 4 heterocycles. The van der Waals surface area contributed by atoms with Crippen molar-refractivity contribution in [2.75, 3.05) is 0 Å². The molecule has 0 bridgehead atoms. The first-order valence-corrected chi connectivity index (χ1v) is 15.3. The maximum absolute atomic E-state index is 16.4. The van der Waals surface area contributed by atoms with Gasteiger partial charge in [0.2, 0.25) is 0 Å². The molecule has 0 radical (unpaired) electrons. The van der Waals surface area contributed by atoms with Crippen LogP contribution in [0.3, 0.4) is 0 Å². The van der Waals surface area contributed by atoms with E-state index in [1.54, 1.807) is 6.20 Å². The van der Waals surface area contributed by atoms with E-state index in [1.807, 2.05) is 90.8 Å². The minimum absolute atomic E-state index is 0.215. The first-order chi connectivity index (χ1) is 21.0. The van der Waals surface area contributed by atoms with Gasteiger partial charge in [-0.15, -0.1) is 0 Å². The lowest BCUT2D eigenvalue weighted by atomic mass is 9.76. The highest BCUT2D eigenvalue weighted by atomic mass is 32.2. The molecule has 0 saturated heterocycles. The van der Waals surface area contributed by atoms with Crippen LogP contribution in [0.2, 0.25) is 0 Å². The van der Waals surface area contributed by atoms with Gasteiger partial charge in [0, 0.05) is 43.9 Å². The van der Waals surface area contributed by atoms with Crippen LogP contribution in [-0.2, 0) is 5.41 Å². The fourth-order valence-electron chi connectivity index (χ4n) is 6.61. The van der Waals surface area contributed by atoms with Crippen LogP contribution >= 0.6 is 11.8 Å². The van der Waals surface area contributed by atoms with Gasteiger partial charge in [0.05, 0.1) is 16.7 Å². The van der Waals surface area contributed by atoms with Crippen molar-refractivity contribution < 1.29 is 4.39 Å². The zero-order valence-electron chi connectivity index (χ0n) is 23.8. The van der Waals surface area contributed by atoms with Crippen molar-refractivity contribution in [3.05, 3.63) is 150 Å². The summed E-state index contributed by atoms with van der Waals surface area (Å²) in [5.41, 5.74) is 7.38. The summed E-state index contributed by atoms with van der Waals surface area (Å²) in [6.45, 7) is 4.63. The quantitative estimate of drug-likeness (QED) is 0.209. The fraction of sp³-hybridized carbons (Fsp3) is 0.105. The number of rotatable bonds is 4. The zero-order valence-corrected chi connectivity index (χ0v) is 24.6. The second kappa shape index (κ2) is 9.92. The predicted molar refractivity (Wildman–Crippen MR) is 174 cm³/mol. The Balaban J connectivity index is 1.35. The van der Waals surface area contributed by atoms with Crippen molar-refractivity contribution in [2.45, 2.75) is 35.2 Å². The van der Waals surface area contributed by atoms with Gasteiger partial charge in [-0.25, -0.2) is 9.37 Å². The highest BCUT2D eigenvalue weighted by Gasteiger charge is 2.36. The number of hydrogen-bond donors (Lipinski definition) is 0. The van der Waals surface area contributed by atoms with Crippen molar-refractivity contribution in [3.63, 3.8) is 0 Å². The van der Waals surface area contributed by atoms with Gasteiger partial charge in [-0.05, 0) is 76.9 Å². The van der Waals surface area contributed by atoms with Gasteiger partial charge in [-0.2, -0.15) is 0 Å². The van der Waals surface area contributed by atoms with E-state index in [4.69, 9.17) is 4.98 Å². The van der Waals surface area contributed by atoms with E-state index in [9.17, 15) is 0 Å². The standard InChI is InChI=1S/C38H28FN3S/c1-38(2)28-12-3-4-14-32(28)43-33-19-18-30-35(36(33)38)27-17-16-26(23-31(27)42(30)34-15-6-8-21-41-34)37(39)25-11-9-10-24(22-25)29-13-5-7-20-40-29/h3-23,37H,1-2H3. The SMILES string of the molecule is CC1(C)c2ccccc2Sc2ccc3c(c21)c1ccc(C(F)c2cccc(-c4ccccn4)c2)cc1n3-c1ccccn1. The molecule has 0 fully saturated rings. The molecule has 5 heteroatoms. The summed E-state index contributed by atoms with van der Waals surface area (Å²) in [5, 5.41) is 2.30. The lowest BCUT2D eigenvalue weighted by Crippen LogP contribution is -2.24. The van der Waals surface area contributed by atoms with Crippen molar-refractivity contribution >= 4 is 33.6 Å². The average molecular weight is 578 g/mol. The first kappa shape index (κ1) is 25.9. The molecular weight excluding hydrogens is 550 g/mol. The minimum Gasteiger partial charge on any atom is -0.294 e. The van der Waals surface area contributed by atoms with Gasteiger partial charge in [-0.1, -0.05) is 86.3 Å². The Bertz CT molecular complexity index is 2150. The molecule has 0 aliphatic carbocycles. The minimum atomic E-state index is -1.30.